The molecule has 0 aliphatic rings. The number of aliphatic hydroxyl groups is 1. The van der Waals surface area contributed by atoms with E-state index in [1.54, 1.807) is 0 Å². The topological polar surface area (TPSA) is 37.3 Å². The molecule has 2 rings (SSSR count). The van der Waals surface area contributed by atoms with Gasteiger partial charge in [0.05, 0.1) is 10.6 Å². The summed E-state index contributed by atoms with van der Waals surface area (Å²) in [6.45, 7) is 7.54. The summed E-state index contributed by atoms with van der Waals surface area (Å²) in [7, 11) is 0. The number of fused-ring (bicyclic) bond motifs is 1. The van der Waals surface area contributed by atoms with Crippen LogP contribution in [0.3, 0.4) is 0 Å². The average Bonchev–Trinajstić information content (AvgIpc) is 2.69. The number of benzene rings is 1. The van der Waals surface area contributed by atoms with Crippen LogP contribution in [0.2, 0.25) is 0 Å². The van der Waals surface area contributed by atoms with E-state index in [0.29, 0.717) is 12.8 Å². The second-order valence-electron chi connectivity index (χ2n) is 4.57. The molecule has 2 nitrogen and oxygen atoms in total. The third-order valence-electron chi connectivity index (χ3n) is 3.05. The van der Waals surface area contributed by atoms with Gasteiger partial charge in [0, 0.05) is 17.5 Å². The molecule has 1 N–H and O–H groups in total. The standard InChI is InChI=1S/C15H16O2S/c1-9-6-12-8-15(13(17)5-4-11(3)16)18-14(12)7-10(9)2/h6-8,16H,3-5H2,1-2H3. The van der Waals surface area contributed by atoms with Crippen LogP contribution < -0.4 is 0 Å². The van der Waals surface area contributed by atoms with Crippen molar-refractivity contribution in [1.29, 1.82) is 0 Å². The third-order valence-corrected chi connectivity index (χ3v) is 4.19. The van der Waals surface area contributed by atoms with Gasteiger partial charge >= 0.3 is 0 Å². The minimum atomic E-state index is 0.0659. The van der Waals surface area contributed by atoms with Crippen molar-refractivity contribution in [2.24, 2.45) is 0 Å². The summed E-state index contributed by atoms with van der Waals surface area (Å²) in [5.41, 5.74) is 2.48. The fourth-order valence-corrected chi connectivity index (χ4v) is 2.93. The molecule has 0 bridgehead atoms. The zero-order chi connectivity index (χ0) is 13.3. The fraction of sp³-hybridized carbons (Fsp3) is 0.267. The normalized spacial score (nSPS) is 10.8. The number of aryl methyl sites for hydroxylation is 2. The SMILES string of the molecule is C=C(O)CCC(=O)c1cc2cc(C)c(C)cc2s1. The average molecular weight is 260 g/mol. The number of hydrogen-bond donors (Lipinski definition) is 1. The molecule has 1 aromatic heterocycles. The quantitative estimate of drug-likeness (QED) is 0.646. The highest BCUT2D eigenvalue weighted by atomic mass is 32.1. The van der Waals surface area contributed by atoms with Crippen LogP contribution in [0.5, 0.6) is 0 Å². The second kappa shape index (κ2) is 4.94. The van der Waals surface area contributed by atoms with E-state index in [9.17, 15) is 4.79 Å². The van der Waals surface area contributed by atoms with Crippen molar-refractivity contribution in [3.05, 3.63) is 46.5 Å². The van der Waals surface area contributed by atoms with Gasteiger partial charge in [-0.2, -0.15) is 0 Å². The van der Waals surface area contributed by atoms with Gasteiger partial charge in [-0.25, -0.2) is 0 Å². The molecule has 18 heavy (non-hydrogen) atoms. The highest BCUT2D eigenvalue weighted by Gasteiger charge is 2.11. The maximum Gasteiger partial charge on any atom is 0.173 e. The van der Waals surface area contributed by atoms with E-state index < -0.39 is 0 Å². The minimum absolute atomic E-state index is 0.0659. The number of allylic oxidation sites excluding steroid dienone is 1. The van der Waals surface area contributed by atoms with Gasteiger partial charge < -0.3 is 5.11 Å². The van der Waals surface area contributed by atoms with E-state index in [2.05, 4.69) is 32.6 Å². The number of Topliss-reactive ketones (excluding diaryl/α,β-unsaturated/α-hetero) is 1. The van der Waals surface area contributed by atoms with Crippen molar-refractivity contribution >= 4 is 27.2 Å². The molecule has 0 saturated carbocycles. The molecule has 2 aromatic rings. The number of carbonyl (C=O) groups is 1. The molecule has 0 aliphatic carbocycles. The van der Waals surface area contributed by atoms with Crippen molar-refractivity contribution in [3.8, 4) is 0 Å². The van der Waals surface area contributed by atoms with Gasteiger partial charge in [0.15, 0.2) is 5.78 Å². The van der Waals surface area contributed by atoms with Crippen molar-refractivity contribution in [2.45, 2.75) is 26.7 Å². The Hall–Kier alpha value is -1.61. The first kappa shape index (κ1) is 12.8. The summed E-state index contributed by atoms with van der Waals surface area (Å²) in [6.07, 6.45) is 0.658. The first-order chi connectivity index (χ1) is 8.47. The smallest absolute Gasteiger partial charge is 0.173 e. The summed E-state index contributed by atoms with van der Waals surface area (Å²) in [4.78, 5) is 12.7. The van der Waals surface area contributed by atoms with Crippen LogP contribution in [0, 0.1) is 13.8 Å². The second-order valence-corrected chi connectivity index (χ2v) is 5.66. The van der Waals surface area contributed by atoms with E-state index in [1.807, 2.05) is 6.07 Å². The molecule has 0 saturated heterocycles. The van der Waals surface area contributed by atoms with Crippen molar-refractivity contribution in [3.63, 3.8) is 0 Å². The Morgan fingerprint density at radius 3 is 2.56 bits per heavy atom. The molecule has 0 spiro atoms. The highest BCUT2D eigenvalue weighted by molar-refractivity contribution is 7.20. The monoisotopic (exact) mass is 260 g/mol. The lowest BCUT2D eigenvalue weighted by atomic mass is 10.1. The molecule has 0 atom stereocenters. The minimum Gasteiger partial charge on any atom is -0.513 e. The Bertz CT molecular complexity index is 584. The lowest BCUT2D eigenvalue weighted by Crippen LogP contribution is -1.96. The van der Waals surface area contributed by atoms with E-state index >= 15 is 0 Å². The summed E-state index contributed by atoms with van der Waals surface area (Å²) < 4.78 is 1.14. The van der Waals surface area contributed by atoms with E-state index in [1.165, 1.54) is 22.5 Å². The fourth-order valence-electron chi connectivity index (χ4n) is 1.82. The number of hydrogen-bond acceptors (Lipinski definition) is 3. The molecule has 0 fully saturated rings. The molecule has 1 aromatic carbocycles. The van der Waals surface area contributed by atoms with Crippen LogP contribution in [0.25, 0.3) is 10.1 Å². The van der Waals surface area contributed by atoms with Gasteiger partial charge in [0.25, 0.3) is 0 Å². The number of carbonyl (C=O) groups excluding carboxylic acids is 1. The van der Waals surface area contributed by atoms with Crippen LogP contribution in [0.4, 0.5) is 0 Å². The number of thiophene rings is 1. The molecular formula is C15H16O2S. The number of aliphatic hydroxyl groups excluding tert-OH is 1. The largest absolute Gasteiger partial charge is 0.513 e. The Morgan fingerprint density at radius 2 is 1.89 bits per heavy atom. The van der Waals surface area contributed by atoms with Crippen LogP contribution in [0.1, 0.15) is 33.6 Å². The van der Waals surface area contributed by atoms with Crippen LogP contribution in [0.15, 0.2) is 30.5 Å². The Morgan fingerprint density at radius 1 is 1.22 bits per heavy atom. The Balaban J connectivity index is 2.30. The van der Waals surface area contributed by atoms with Crippen molar-refractivity contribution in [2.75, 3.05) is 0 Å². The van der Waals surface area contributed by atoms with Gasteiger partial charge in [0.2, 0.25) is 0 Å². The first-order valence-corrected chi connectivity index (χ1v) is 6.70. The highest BCUT2D eigenvalue weighted by Crippen LogP contribution is 2.29. The van der Waals surface area contributed by atoms with E-state index in [-0.39, 0.29) is 11.5 Å². The first-order valence-electron chi connectivity index (χ1n) is 5.88. The molecule has 0 unspecified atom stereocenters. The lowest BCUT2D eigenvalue weighted by Gasteiger charge is -1.97. The summed E-state index contributed by atoms with van der Waals surface area (Å²) in [5, 5.41) is 10.1. The maximum atomic E-state index is 11.9. The zero-order valence-corrected chi connectivity index (χ0v) is 11.4. The van der Waals surface area contributed by atoms with E-state index in [4.69, 9.17) is 5.11 Å². The predicted molar refractivity (Wildman–Crippen MR) is 76.6 cm³/mol. The lowest BCUT2D eigenvalue weighted by molar-refractivity contribution is 0.0982. The number of ketones is 1. The van der Waals surface area contributed by atoms with Gasteiger partial charge in [-0.3, -0.25) is 4.79 Å². The van der Waals surface area contributed by atoms with E-state index in [0.717, 1.165) is 15.0 Å². The number of rotatable bonds is 4. The molecular weight excluding hydrogens is 244 g/mol. The summed E-state index contributed by atoms with van der Waals surface area (Å²) in [6, 6.07) is 6.18. The molecule has 0 aliphatic heterocycles. The van der Waals surface area contributed by atoms with Crippen molar-refractivity contribution in [1.82, 2.24) is 0 Å². The summed E-state index contributed by atoms with van der Waals surface area (Å²) in [5.74, 6) is 0.137. The molecule has 1 heterocycles. The molecule has 94 valence electrons. The Kier molecular flexibility index (Phi) is 3.53. The van der Waals surface area contributed by atoms with Gasteiger partial charge in [-0.05, 0) is 42.5 Å². The third kappa shape index (κ3) is 2.62. The summed E-state index contributed by atoms with van der Waals surface area (Å²) >= 11 is 1.52. The Labute approximate surface area is 111 Å². The molecule has 0 radical (unpaired) electrons. The maximum absolute atomic E-state index is 11.9. The van der Waals surface area contributed by atoms with Gasteiger partial charge in [0.1, 0.15) is 0 Å². The predicted octanol–water partition coefficient (Wildman–Crippen LogP) is 4.55. The van der Waals surface area contributed by atoms with Crippen LogP contribution >= 0.6 is 11.3 Å². The molecule has 3 heteroatoms. The van der Waals surface area contributed by atoms with Crippen LogP contribution in [-0.4, -0.2) is 10.9 Å². The van der Waals surface area contributed by atoms with Crippen molar-refractivity contribution < 1.29 is 9.90 Å². The molecule has 0 amide bonds. The van der Waals surface area contributed by atoms with Gasteiger partial charge in [-0.15, -0.1) is 11.3 Å². The van der Waals surface area contributed by atoms with Gasteiger partial charge in [-0.1, -0.05) is 12.6 Å². The van der Waals surface area contributed by atoms with Crippen LogP contribution in [-0.2, 0) is 0 Å². The zero-order valence-electron chi connectivity index (χ0n) is 10.6.